The number of rotatable bonds is 5. The molecule has 0 aliphatic heterocycles. The molecule has 0 atom stereocenters. The molecule has 0 saturated heterocycles. The van der Waals surface area contributed by atoms with Crippen LogP contribution in [0.3, 0.4) is 0 Å². The highest BCUT2D eigenvalue weighted by molar-refractivity contribution is 7.89. The van der Waals surface area contributed by atoms with Crippen molar-refractivity contribution in [1.82, 2.24) is 9.71 Å². The fraction of sp³-hybridized carbons (Fsp3) is 0.143. The van der Waals surface area contributed by atoms with Gasteiger partial charge in [-0.25, -0.2) is 17.9 Å². The van der Waals surface area contributed by atoms with Crippen molar-refractivity contribution < 1.29 is 17.9 Å². The summed E-state index contributed by atoms with van der Waals surface area (Å²) in [5.41, 5.74) is 0.749. The summed E-state index contributed by atoms with van der Waals surface area (Å²) in [6.07, 6.45) is 1.43. The number of ether oxygens (including phenoxy) is 1. The van der Waals surface area contributed by atoms with Gasteiger partial charge in [-0.2, -0.15) is 0 Å². The molecular weight excluding hydrogens is 292 g/mol. The second-order valence-corrected chi connectivity index (χ2v) is 5.93. The van der Waals surface area contributed by atoms with Gasteiger partial charge in [0.15, 0.2) is 0 Å². The molecule has 1 aromatic carbocycles. The first-order valence-electron chi connectivity index (χ1n) is 6.11. The van der Waals surface area contributed by atoms with Crippen molar-refractivity contribution in [2.75, 3.05) is 7.11 Å². The van der Waals surface area contributed by atoms with E-state index in [1.807, 2.05) is 0 Å². The normalized spacial score (nSPS) is 11.1. The summed E-state index contributed by atoms with van der Waals surface area (Å²) >= 11 is 0. The van der Waals surface area contributed by atoms with Crippen molar-refractivity contribution in [1.29, 1.82) is 0 Å². The Balaban J connectivity index is 2.12. The lowest BCUT2D eigenvalue weighted by atomic mass is 10.2. The zero-order valence-corrected chi connectivity index (χ0v) is 12.1. The number of nitrogens with one attached hydrogen (secondary N) is 1. The Morgan fingerprint density at radius 2 is 1.95 bits per heavy atom. The highest BCUT2D eigenvalue weighted by atomic mass is 32.2. The highest BCUT2D eigenvalue weighted by Crippen LogP contribution is 2.09. The number of sulfonamides is 1. The van der Waals surface area contributed by atoms with E-state index < -0.39 is 16.0 Å². The summed E-state index contributed by atoms with van der Waals surface area (Å²) in [4.78, 5) is 15.6. The van der Waals surface area contributed by atoms with E-state index in [4.69, 9.17) is 0 Å². The fourth-order valence-electron chi connectivity index (χ4n) is 1.67. The largest absolute Gasteiger partial charge is 0.465 e. The Morgan fingerprint density at radius 1 is 1.24 bits per heavy atom. The number of methoxy groups -OCH3 is 1. The van der Waals surface area contributed by atoms with Gasteiger partial charge in [0, 0.05) is 6.20 Å². The Hall–Kier alpha value is -2.25. The average molecular weight is 306 g/mol. The predicted molar refractivity (Wildman–Crippen MR) is 76.0 cm³/mol. The second-order valence-electron chi connectivity index (χ2n) is 4.17. The Bertz CT molecular complexity index is 730. The fourth-order valence-corrected chi connectivity index (χ4v) is 2.69. The predicted octanol–water partition coefficient (Wildman–Crippen LogP) is 1.35. The van der Waals surface area contributed by atoms with Crippen LogP contribution in [0.25, 0.3) is 0 Å². The van der Waals surface area contributed by atoms with Crippen LogP contribution in [-0.4, -0.2) is 26.5 Å². The zero-order valence-electron chi connectivity index (χ0n) is 11.3. The summed E-state index contributed by atoms with van der Waals surface area (Å²) in [5, 5.41) is 0. The molecule has 0 aliphatic carbocycles. The molecule has 0 radical (unpaired) electrons. The number of carbonyl (C=O) groups excluding carboxylic acids is 1. The van der Waals surface area contributed by atoms with Crippen molar-refractivity contribution >= 4 is 16.0 Å². The number of esters is 1. The van der Waals surface area contributed by atoms with Gasteiger partial charge >= 0.3 is 5.97 Å². The molecule has 1 heterocycles. The number of pyridine rings is 1. The Kier molecular flexibility index (Phi) is 4.66. The van der Waals surface area contributed by atoms with Gasteiger partial charge in [-0.15, -0.1) is 0 Å². The van der Waals surface area contributed by atoms with Crippen LogP contribution in [0.5, 0.6) is 0 Å². The van der Waals surface area contributed by atoms with Crippen LogP contribution < -0.4 is 4.72 Å². The summed E-state index contributed by atoms with van der Waals surface area (Å²) in [6.45, 7) is -0.0118. The van der Waals surface area contributed by atoms with Gasteiger partial charge in [0.1, 0.15) is 0 Å². The number of carbonyl (C=O) groups is 1. The number of hydrogen-bond acceptors (Lipinski definition) is 5. The van der Waals surface area contributed by atoms with Gasteiger partial charge < -0.3 is 4.74 Å². The van der Waals surface area contributed by atoms with Gasteiger partial charge in [-0.1, -0.05) is 18.2 Å². The van der Waals surface area contributed by atoms with E-state index in [0.29, 0.717) is 11.3 Å². The molecule has 21 heavy (non-hydrogen) atoms. The topological polar surface area (TPSA) is 85.4 Å². The molecule has 110 valence electrons. The lowest BCUT2D eigenvalue weighted by Gasteiger charge is -2.07. The van der Waals surface area contributed by atoms with E-state index in [2.05, 4.69) is 14.4 Å². The molecule has 2 rings (SSSR count). The third-order valence-electron chi connectivity index (χ3n) is 2.73. The Labute approximate surface area is 122 Å². The van der Waals surface area contributed by atoms with Gasteiger partial charge in [0.25, 0.3) is 0 Å². The van der Waals surface area contributed by atoms with Crippen molar-refractivity contribution in [3.8, 4) is 0 Å². The molecule has 0 amide bonds. The van der Waals surface area contributed by atoms with Crippen molar-refractivity contribution in [2.45, 2.75) is 11.4 Å². The molecule has 0 bridgehead atoms. The van der Waals surface area contributed by atoms with E-state index in [-0.39, 0.29) is 11.4 Å². The van der Waals surface area contributed by atoms with Crippen molar-refractivity contribution in [2.24, 2.45) is 0 Å². The Morgan fingerprint density at radius 3 is 2.62 bits per heavy atom. The van der Waals surface area contributed by atoms with E-state index >= 15 is 0 Å². The first-order chi connectivity index (χ1) is 10.0. The van der Waals surface area contributed by atoms with Crippen molar-refractivity contribution in [3.05, 3.63) is 59.9 Å². The molecule has 1 N–H and O–H groups in total. The smallest absolute Gasteiger partial charge is 0.337 e. The van der Waals surface area contributed by atoms with E-state index in [1.54, 1.807) is 18.2 Å². The van der Waals surface area contributed by atoms with Gasteiger partial charge in [-0.3, -0.25) is 4.98 Å². The SMILES string of the molecule is COC(=O)c1ccnc(CNS(=O)(=O)c2ccccc2)c1. The molecular formula is C14H14N2O4S. The molecule has 6 nitrogen and oxygen atoms in total. The molecule has 0 unspecified atom stereocenters. The second kappa shape index (κ2) is 6.47. The summed E-state index contributed by atoms with van der Waals surface area (Å²) in [7, 11) is -2.32. The third-order valence-corrected chi connectivity index (χ3v) is 4.15. The maximum absolute atomic E-state index is 12.0. The first-order valence-corrected chi connectivity index (χ1v) is 7.59. The number of benzene rings is 1. The minimum Gasteiger partial charge on any atom is -0.465 e. The summed E-state index contributed by atoms with van der Waals surface area (Å²) in [5.74, 6) is -0.496. The van der Waals surface area contributed by atoms with Crippen LogP contribution in [0.4, 0.5) is 0 Å². The third kappa shape index (κ3) is 3.87. The standard InChI is InChI=1S/C14H14N2O4S/c1-20-14(17)11-7-8-15-12(9-11)10-16-21(18,19)13-5-3-2-4-6-13/h2-9,16H,10H2,1H3. The molecule has 7 heteroatoms. The number of aromatic nitrogens is 1. The molecule has 2 aromatic rings. The van der Waals surface area contributed by atoms with Gasteiger partial charge in [0.05, 0.1) is 29.8 Å². The first kappa shape index (κ1) is 15.1. The van der Waals surface area contributed by atoms with Crippen LogP contribution in [0, 0.1) is 0 Å². The van der Waals surface area contributed by atoms with Crippen LogP contribution in [0.15, 0.2) is 53.6 Å². The number of nitrogens with zero attached hydrogens (tertiary/aromatic N) is 1. The molecule has 0 fully saturated rings. The average Bonchev–Trinajstić information content (AvgIpc) is 2.53. The molecule has 0 aliphatic rings. The van der Waals surface area contributed by atoms with Crippen LogP contribution in [0.2, 0.25) is 0 Å². The lowest BCUT2D eigenvalue weighted by Crippen LogP contribution is -2.23. The zero-order chi connectivity index (χ0) is 15.3. The van der Waals surface area contributed by atoms with Crippen LogP contribution in [-0.2, 0) is 21.3 Å². The summed E-state index contributed by atoms with van der Waals surface area (Å²) < 4.78 is 31.1. The lowest BCUT2D eigenvalue weighted by molar-refractivity contribution is 0.0600. The van der Waals surface area contributed by atoms with Crippen molar-refractivity contribution in [3.63, 3.8) is 0 Å². The highest BCUT2D eigenvalue weighted by Gasteiger charge is 2.14. The van der Waals surface area contributed by atoms with E-state index in [1.165, 1.54) is 37.6 Å². The molecule has 1 aromatic heterocycles. The maximum Gasteiger partial charge on any atom is 0.337 e. The minimum absolute atomic E-state index is 0.0118. The minimum atomic E-state index is -3.60. The van der Waals surface area contributed by atoms with Crippen LogP contribution >= 0.6 is 0 Å². The molecule has 0 saturated carbocycles. The van der Waals surface area contributed by atoms with Gasteiger partial charge in [-0.05, 0) is 24.3 Å². The van der Waals surface area contributed by atoms with E-state index in [9.17, 15) is 13.2 Å². The maximum atomic E-state index is 12.0. The monoisotopic (exact) mass is 306 g/mol. The summed E-state index contributed by atoms with van der Waals surface area (Å²) in [6, 6.07) is 11.0. The van der Waals surface area contributed by atoms with Crippen LogP contribution in [0.1, 0.15) is 16.1 Å². The molecule has 0 spiro atoms. The number of hydrogen-bond donors (Lipinski definition) is 1. The quantitative estimate of drug-likeness (QED) is 0.843. The van der Waals surface area contributed by atoms with Gasteiger partial charge in [0.2, 0.25) is 10.0 Å². The van der Waals surface area contributed by atoms with E-state index in [0.717, 1.165) is 0 Å².